The fourth-order valence-corrected chi connectivity index (χ4v) is 1.46. The Morgan fingerprint density at radius 2 is 2.14 bits per heavy atom. The minimum absolute atomic E-state index is 0.000370. The van der Waals surface area contributed by atoms with Gasteiger partial charge in [0.15, 0.2) is 11.6 Å². The molecule has 14 heavy (non-hydrogen) atoms. The highest BCUT2D eigenvalue weighted by molar-refractivity contribution is 9.10. The molecule has 0 aromatic heterocycles. The van der Waals surface area contributed by atoms with Crippen LogP contribution in [-0.4, -0.2) is 11.7 Å². The third-order valence-electron chi connectivity index (χ3n) is 1.71. The fourth-order valence-electron chi connectivity index (χ4n) is 1.02. The summed E-state index contributed by atoms with van der Waals surface area (Å²) in [7, 11) is 0. The van der Waals surface area contributed by atoms with E-state index in [-0.39, 0.29) is 28.8 Å². The van der Waals surface area contributed by atoms with Crippen molar-refractivity contribution in [2.75, 3.05) is 6.61 Å². The van der Waals surface area contributed by atoms with E-state index in [4.69, 9.17) is 5.90 Å². The van der Waals surface area contributed by atoms with E-state index in [9.17, 15) is 13.9 Å². The molecule has 0 aliphatic rings. The number of hydrogen-bond acceptors (Lipinski definition) is 3. The number of nitrogens with two attached hydrogens (primary N) is 1. The van der Waals surface area contributed by atoms with Crippen molar-refractivity contribution in [3.8, 4) is 5.75 Å². The summed E-state index contributed by atoms with van der Waals surface area (Å²) in [6.07, 6.45) is 0.00449. The van der Waals surface area contributed by atoms with Gasteiger partial charge in [0.05, 0.1) is 11.1 Å². The number of aromatic hydroxyl groups is 1. The Morgan fingerprint density at radius 1 is 1.50 bits per heavy atom. The smallest absolute Gasteiger partial charge is 0.165 e. The van der Waals surface area contributed by atoms with E-state index in [0.717, 1.165) is 6.07 Å². The van der Waals surface area contributed by atoms with Gasteiger partial charge in [-0.15, -0.1) is 0 Å². The van der Waals surface area contributed by atoms with E-state index in [0.29, 0.717) is 0 Å². The maximum atomic E-state index is 13.1. The topological polar surface area (TPSA) is 55.5 Å². The first-order valence-electron chi connectivity index (χ1n) is 3.75. The number of hydrogen-bond donors (Lipinski definition) is 2. The number of rotatable bonds is 3. The molecule has 1 rings (SSSR count). The van der Waals surface area contributed by atoms with Crippen LogP contribution >= 0.6 is 15.9 Å². The standard InChI is InChI=1S/C8H8BrF2NO2/c9-5-3-6(10)7(11)4(8(5)13)1-2-14-12/h3,13H,1-2,12H2. The predicted octanol–water partition coefficient (Wildman–Crippen LogP) is 1.87. The Morgan fingerprint density at radius 3 is 2.71 bits per heavy atom. The van der Waals surface area contributed by atoms with Crippen molar-refractivity contribution < 1.29 is 18.7 Å². The second kappa shape index (κ2) is 4.68. The molecule has 3 N–H and O–H groups in total. The van der Waals surface area contributed by atoms with Crippen LogP contribution in [0.1, 0.15) is 5.56 Å². The highest BCUT2D eigenvalue weighted by Gasteiger charge is 2.16. The van der Waals surface area contributed by atoms with Crippen molar-refractivity contribution in [2.24, 2.45) is 5.90 Å². The van der Waals surface area contributed by atoms with Gasteiger partial charge in [-0.2, -0.15) is 0 Å². The molecule has 0 radical (unpaired) electrons. The molecule has 0 saturated heterocycles. The summed E-state index contributed by atoms with van der Waals surface area (Å²) in [5, 5.41) is 9.38. The zero-order valence-corrected chi connectivity index (χ0v) is 8.64. The van der Waals surface area contributed by atoms with Crippen molar-refractivity contribution in [1.82, 2.24) is 0 Å². The van der Waals surface area contributed by atoms with Gasteiger partial charge in [-0.3, -0.25) is 0 Å². The predicted molar refractivity (Wildman–Crippen MR) is 49.6 cm³/mol. The number of benzene rings is 1. The summed E-state index contributed by atoms with van der Waals surface area (Å²) < 4.78 is 26.1. The molecule has 0 bridgehead atoms. The van der Waals surface area contributed by atoms with E-state index in [1.165, 1.54) is 0 Å². The fraction of sp³-hybridized carbons (Fsp3) is 0.250. The molecule has 0 fully saturated rings. The first-order valence-corrected chi connectivity index (χ1v) is 4.54. The number of phenolic OH excluding ortho intramolecular Hbond substituents is 1. The Balaban J connectivity index is 3.11. The molecule has 3 nitrogen and oxygen atoms in total. The Hall–Kier alpha value is -0.720. The van der Waals surface area contributed by atoms with Crippen LogP contribution in [0.25, 0.3) is 0 Å². The van der Waals surface area contributed by atoms with Crippen LogP contribution in [0.4, 0.5) is 8.78 Å². The minimum Gasteiger partial charge on any atom is -0.506 e. The first-order chi connectivity index (χ1) is 6.57. The van der Waals surface area contributed by atoms with Gasteiger partial charge in [0.2, 0.25) is 0 Å². The molecule has 0 heterocycles. The molecule has 78 valence electrons. The van der Waals surface area contributed by atoms with Crippen molar-refractivity contribution in [3.63, 3.8) is 0 Å². The molecule has 0 saturated carbocycles. The van der Waals surface area contributed by atoms with Crippen LogP contribution in [0.2, 0.25) is 0 Å². The second-order valence-electron chi connectivity index (χ2n) is 2.60. The maximum Gasteiger partial charge on any atom is 0.165 e. The van der Waals surface area contributed by atoms with Gasteiger partial charge >= 0.3 is 0 Å². The number of phenols is 1. The van der Waals surface area contributed by atoms with E-state index in [1.807, 2.05) is 0 Å². The summed E-state index contributed by atoms with van der Waals surface area (Å²) in [5.74, 6) is 2.30. The normalized spacial score (nSPS) is 10.6. The van der Waals surface area contributed by atoms with Gasteiger partial charge in [0.25, 0.3) is 0 Å². The van der Waals surface area contributed by atoms with Crippen LogP contribution in [0, 0.1) is 11.6 Å². The summed E-state index contributed by atoms with van der Waals surface area (Å²) in [6.45, 7) is 0.000370. The molecule has 0 aliphatic carbocycles. The Bertz CT molecular complexity index is 320. The first kappa shape index (κ1) is 11.4. The molecule has 1 aromatic carbocycles. The molecule has 6 heteroatoms. The molecular weight excluding hydrogens is 260 g/mol. The second-order valence-corrected chi connectivity index (χ2v) is 3.46. The Labute approximate surface area is 87.6 Å². The maximum absolute atomic E-state index is 13.1. The van der Waals surface area contributed by atoms with Gasteiger partial charge in [0.1, 0.15) is 5.75 Å². The zero-order valence-electron chi connectivity index (χ0n) is 7.06. The summed E-state index contributed by atoms with van der Waals surface area (Å²) in [5.41, 5.74) is -0.151. The van der Waals surface area contributed by atoms with Gasteiger partial charge in [-0.05, 0) is 22.0 Å². The van der Waals surface area contributed by atoms with Crippen LogP contribution in [0.5, 0.6) is 5.75 Å². The number of halogens is 3. The van der Waals surface area contributed by atoms with Crippen molar-refractivity contribution in [3.05, 3.63) is 27.7 Å². The summed E-state index contributed by atoms with van der Waals surface area (Å²) >= 11 is 2.89. The van der Waals surface area contributed by atoms with Crippen LogP contribution < -0.4 is 5.90 Å². The van der Waals surface area contributed by atoms with E-state index < -0.39 is 11.6 Å². The summed E-state index contributed by atoms with van der Waals surface area (Å²) in [6, 6.07) is 0.859. The lowest BCUT2D eigenvalue weighted by Crippen LogP contribution is -2.06. The third-order valence-corrected chi connectivity index (χ3v) is 2.31. The van der Waals surface area contributed by atoms with Gasteiger partial charge in [-0.25, -0.2) is 14.7 Å². The third kappa shape index (κ3) is 2.20. The van der Waals surface area contributed by atoms with Crippen LogP contribution in [-0.2, 0) is 11.3 Å². The Kier molecular flexibility index (Phi) is 3.79. The molecule has 0 unspecified atom stereocenters. The average molecular weight is 268 g/mol. The minimum atomic E-state index is -1.08. The quantitative estimate of drug-likeness (QED) is 0.650. The molecular formula is C8H8BrF2NO2. The lowest BCUT2D eigenvalue weighted by Gasteiger charge is -2.07. The monoisotopic (exact) mass is 267 g/mol. The molecule has 0 atom stereocenters. The van der Waals surface area contributed by atoms with Gasteiger partial charge in [-0.1, -0.05) is 0 Å². The van der Waals surface area contributed by atoms with E-state index in [1.54, 1.807) is 0 Å². The van der Waals surface area contributed by atoms with E-state index >= 15 is 0 Å². The summed E-state index contributed by atoms with van der Waals surface area (Å²) in [4.78, 5) is 4.22. The van der Waals surface area contributed by atoms with Gasteiger partial charge in [0, 0.05) is 12.0 Å². The van der Waals surface area contributed by atoms with Crippen LogP contribution in [0.3, 0.4) is 0 Å². The highest BCUT2D eigenvalue weighted by Crippen LogP contribution is 2.31. The molecule has 1 aromatic rings. The van der Waals surface area contributed by atoms with Crippen LogP contribution in [0.15, 0.2) is 10.5 Å². The van der Waals surface area contributed by atoms with Gasteiger partial charge < -0.3 is 9.94 Å². The molecule has 0 amide bonds. The highest BCUT2D eigenvalue weighted by atomic mass is 79.9. The zero-order chi connectivity index (χ0) is 10.7. The van der Waals surface area contributed by atoms with Crippen molar-refractivity contribution in [1.29, 1.82) is 0 Å². The SMILES string of the molecule is NOCCc1c(O)c(Br)cc(F)c1F. The average Bonchev–Trinajstić information content (AvgIpc) is 2.15. The molecule has 0 spiro atoms. The lowest BCUT2D eigenvalue weighted by molar-refractivity contribution is 0.140. The van der Waals surface area contributed by atoms with Crippen molar-refractivity contribution in [2.45, 2.75) is 6.42 Å². The largest absolute Gasteiger partial charge is 0.506 e. The lowest BCUT2D eigenvalue weighted by atomic mass is 10.1. The van der Waals surface area contributed by atoms with Crippen molar-refractivity contribution >= 4 is 15.9 Å². The van der Waals surface area contributed by atoms with E-state index in [2.05, 4.69) is 20.8 Å². The molecule has 0 aliphatic heterocycles.